The molecule has 1 amide bonds. The molecule has 0 saturated carbocycles. The van der Waals surface area contributed by atoms with Gasteiger partial charge in [-0.2, -0.15) is 13.2 Å². The third-order valence-electron chi connectivity index (χ3n) is 2.31. The summed E-state index contributed by atoms with van der Waals surface area (Å²) >= 11 is 0. The highest BCUT2D eigenvalue weighted by molar-refractivity contribution is 5.82. The van der Waals surface area contributed by atoms with Gasteiger partial charge in [0, 0.05) is 25.2 Å². The fourth-order valence-electron chi connectivity index (χ4n) is 1.68. The first-order valence-corrected chi connectivity index (χ1v) is 4.44. The molecule has 1 heterocycles. The van der Waals surface area contributed by atoms with Gasteiger partial charge in [-0.25, -0.2) is 0 Å². The molecule has 1 N–H and O–H groups in total. The van der Waals surface area contributed by atoms with E-state index in [1.54, 1.807) is 13.8 Å². The summed E-state index contributed by atoms with van der Waals surface area (Å²) in [5.74, 6) is -1.74. The van der Waals surface area contributed by atoms with E-state index in [0.29, 0.717) is 13.1 Å². The highest BCUT2D eigenvalue weighted by atomic mass is 19.4. The number of halogens is 3. The van der Waals surface area contributed by atoms with E-state index in [1.165, 1.54) is 0 Å². The second-order valence-corrected chi connectivity index (χ2v) is 3.57. The summed E-state index contributed by atoms with van der Waals surface area (Å²) in [7, 11) is 0. The van der Waals surface area contributed by atoms with Crippen molar-refractivity contribution in [2.24, 2.45) is 0 Å². The lowest BCUT2D eigenvalue weighted by molar-refractivity contribution is -0.190. The minimum atomic E-state index is -4.76. The largest absolute Gasteiger partial charge is 0.471 e. The number of amides is 1. The van der Waals surface area contributed by atoms with Gasteiger partial charge in [0.15, 0.2) is 0 Å². The first kappa shape index (κ1) is 11.3. The smallest absolute Gasteiger partial charge is 0.327 e. The third kappa shape index (κ3) is 2.17. The van der Waals surface area contributed by atoms with E-state index < -0.39 is 24.2 Å². The lowest BCUT2D eigenvalue weighted by Crippen LogP contribution is -2.60. The molecule has 1 saturated heterocycles. The Morgan fingerprint density at radius 3 is 2.07 bits per heavy atom. The molecule has 0 aromatic rings. The van der Waals surface area contributed by atoms with E-state index in [4.69, 9.17) is 0 Å². The highest BCUT2D eigenvalue weighted by Crippen LogP contribution is 2.22. The Hall–Kier alpha value is -0.780. The van der Waals surface area contributed by atoms with Crippen molar-refractivity contribution >= 4 is 5.91 Å². The van der Waals surface area contributed by atoms with Crippen LogP contribution >= 0.6 is 0 Å². The Labute approximate surface area is 80.3 Å². The van der Waals surface area contributed by atoms with Crippen LogP contribution in [0.15, 0.2) is 0 Å². The first-order chi connectivity index (χ1) is 6.34. The van der Waals surface area contributed by atoms with Gasteiger partial charge in [0.1, 0.15) is 0 Å². The number of nitrogens with zero attached hydrogens (tertiary/aromatic N) is 1. The van der Waals surface area contributed by atoms with E-state index in [-0.39, 0.29) is 0 Å². The number of nitrogens with one attached hydrogen (secondary N) is 1. The topological polar surface area (TPSA) is 32.3 Å². The van der Waals surface area contributed by atoms with Gasteiger partial charge in [-0.15, -0.1) is 0 Å². The predicted molar refractivity (Wildman–Crippen MR) is 44.7 cm³/mol. The van der Waals surface area contributed by atoms with Gasteiger partial charge in [-0.3, -0.25) is 4.79 Å². The first-order valence-electron chi connectivity index (χ1n) is 4.44. The normalized spacial score (nSPS) is 29.1. The van der Waals surface area contributed by atoms with Crippen molar-refractivity contribution in [3.63, 3.8) is 0 Å². The van der Waals surface area contributed by atoms with Gasteiger partial charge >= 0.3 is 12.1 Å². The average Bonchev–Trinajstić information content (AvgIpc) is 2.01. The number of hydrogen-bond acceptors (Lipinski definition) is 2. The Kier molecular flexibility index (Phi) is 3.04. The van der Waals surface area contributed by atoms with Gasteiger partial charge in [-0.1, -0.05) is 0 Å². The van der Waals surface area contributed by atoms with Crippen molar-refractivity contribution in [1.82, 2.24) is 10.2 Å². The van der Waals surface area contributed by atoms with Crippen LogP contribution in [0, 0.1) is 0 Å². The van der Waals surface area contributed by atoms with Gasteiger partial charge in [0.05, 0.1) is 0 Å². The zero-order valence-electron chi connectivity index (χ0n) is 8.06. The van der Waals surface area contributed by atoms with Gasteiger partial charge in [0.2, 0.25) is 0 Å². The Morgan fingerprint density at radius 1 is 1.29 bits per heavy atom. The summed E-state index contributed by atoms with van der Waals surface area (Å²) in [5.41, 5.74) is 0. The lowest BCUT2D eigenvalue weighted by atomic mass is 10.1. The predicted octanol–water partition coefficient (Wildman–Crippen LogP) is 0.758. The zero-order chi connectivity index (χ0) is 10.9. The molecule has 0 bridgehead atoms. The maximum Gasteiger partial charge on any atom is 0.471 e. The van der Waals surface area contributed by atoms with E-state index in [9.17, 15) is 18.0 Å². The van der Waals surface area contributed by atoms with E-state index in [2.05, 4.69) is 5.32 Å². The van der Waals surface area contributed by atoms with Crippen LogP contribution in [-0.2, 0) is 4.79 Å². The molecule has 3 nitrogen and oxygen atoms in total. The van der Waals surface area contributed by atoms with E-state index in [1.807, 2.05) is 0 Å². The van der Waals surface area contributed by atoms with Crippen LogP contribution in [0.25, 0.3) is 0 Å². The van der Waals surface area contributed by atoms with Crippen molar-refractivity contribution in [3.05, 3.63) is 0 Å². The summed E-state index contributed by atoms with van der Waals surface area (Å²) in [6.07, 6.45) is -4.76. The summed E-state index contributed by atoms with van der Waals surface area (Å²) in [6.45, 7) is 4.02. The SMILES string of the molecule is C[C@@H]1CNC[C@H](C)N1C(=O)C(F)(F)F. The van der Waals surface area contributed by atoms with Crippen LogP contribution in [0.2, 0.25) is 0 Å². The quantitative estimate of drug-likeness (QED) is 0.640. The van der Waals surface area contributed by atoms with E-state index >= 15 is 0 Å². The molecular weight excluding hydrogens is 197 g/mol. The maximum absolute atomic E-state index is 12.2. The van der Waals surface area contributed by atoms with Gasteiger partial charge in [-0.05, 0) is 13.8 Å². The maximum atomic E-state index is 12.2. The third-order valence-corrected chi connectivity index (χ3v) is 2.31. The average molecular weight is 210 g/mol. The van der Waals surface area contributed by atoms with Crippen LogP contribution in [0.5, 0.6) is 0 Å². The molecule has 1 rings (SSSR count). The Balaban J connectivity index is 2.78. The molecule has 0 radical (unpaired) electrons. The molecule has 0 spiro atoms. The van der Waals surface area contributed by atoms with Crippen LogP contribution in [0.3, 0.4) is 0 Å². The number of piperazine rings is 1. The molecule has 0 aromatic heterocycles. The van der Waals surface area contributed by atoms with Crippen LogP contribution in [0.1, 0.15) is 13.8 Å². The van der Waals surface area contributed by atoms with Crippen LogP contribution < -0.4 is 5.32 Å². The molecule has 0 unspecified atom stereocenters. The second kappa shape index (κ2) is 3.76. The van der Waals surface area contributed by atoms with E-state index in [0.717, 1.165) is 4.90 Å². The number of hydrogen-bond donors (Lipinski definition) is 1. The molecular formula is C8H13F3N2O. The molecule has 1 fully saturated rings. The number of rotatable bonds is 0. The van der Waals surface area contributed by atoms with Crippen LogP contribution in [-0.4, -0.2) is 42.2 Å². The van der Waals surface area contributed by atoms with Crippen molar-refractivity contribution in [2.75, 3.05) is 13.1 Å². The minimum absolute atomic E-state index is 0.409. The number of carbonyl (C=O) groups excluding carboxylic acids is 1. The molecule has 0 aromatic carbocycles. The molecule has 14 heavy (non-hydrogen) atoms. The molecule has 1 aliphatic heterocycles. The van der Waals surface area contributed by atoms with Crippen LogP contribution in [0.4, 0.5) is 13.2 Å². The lowest BCUT2D eigenvalue weighted by Gasteiger charge is -2.39. The number of carbonyl (C=O) groups is 1. The summed E-state index contributed by atoms with van der Waals surface area (Å²) < 4.78 is 36.5. The van der Waals surface area contributed by atoms with Crippen molar-refractivity contribution in [1.29, 1.82) is 0 Å². The molecule has 2 atom stereocenters. The highest BCUT2D eigenvalue weighted by Gasteiger charge is 2.46. The molecule has 6 heteroatoms. The second-order valence-electron chi connectivity index (χ2n) is 3.57. The standard InChI is InChI=1S/C8H13F3N2O/c1-5-3-12-4-6(2)13(5)7(14)8(9,10)11/h5-6,12H,3-4H2,1-2H3/t5-,6+. The fraction of sp³-hybridized carbons (Fsp3) is 0.875. The Morgan fingerprint density at radius 2 is 1.71 bits per heavy atom. The van der Waals surface area contributed by atoms with Crippen molar-refractivity contribution in [2.45, 2.75) is 32.1 Å². The summed E-state index contributed by atoms with van der Waals surface area (Å²) in [4.78, 5) is 11.9. The van der Waals surface area contributed by atoms with Crippen molar-refractivity contribution in [3.8, 4) is 0 Å². The molecule has 0 aliphatic carbocycles. The monoisotopic (exact) mass is 210 g/mol. The Bertz CT molecular complexity index is 219. The summed E-state index contributed by atoms with van der Waals surface area (Å²) in [6, 6.07) is -0.819. The fourth-order valence-corrected chi connectivity index (χ4v) is 1.68. The zero-order valence-corrected chi connectivity index (χ0v) is 8.06. The summed E-state index contributed by atoms with van der Waals surface area (Å²) in [5, 5.41) is 2.96. The van der Waals surface area contributed by atoms with Gasteiger partial charge in [0.25, 0.3) is 0 Å². The molecule has 1 aliphatic rings. The minimum Gasteiger partial charge on any atom is -0.327 e. The molecule has 82 valence electrons. The van der Waals surface area contributed by atoms with Crippen molar-refractivity contribution < 1.29 is 18.0 Å². The number of alkyl halides is 3. The van der Waals surface area contributed by atoms with Gasteiger partial charge < -0.3 is 10.2 Å².